The smallest absolute Gasteiger partial charge is 0.414 e. The number of amides is 3. The van der Waals surface area contributed by atoms with E-state index in [4.69, 9.17) is 14.2 Å². The minimum absolute atomic E-state index is 0.0448. The number of hydrogen-bond donors (Lipinski definition) is 1. The lowest BCUT2D eigenvalue weighted by atomic mass is 9.55. The summed E-state index contributed by atoms with van der Waals surface area (Å²) < 4.78 is 46.0. The third-order valence-electron chi connectivity index (χ3n) is 17.8. The number of piperidine rings is 2. The van der Waals surface area contributed by atoms with Gasteiger partial charge < -0.3 is 29.3 Å². The van der Waals surface area contributed by atoms with Crippen LogP contribution in [0.3, 0.4) is 0 Å². The van der Waals surface area contributed by atoms with Gasteiger partial charge in [-0.1, -0.05) is 0 Å². The van der Waals surface area contributed by atoms with Gasteiger partial charge >= 0.3 is 18.3 Å². The molecule has 2 spiro atoms. The SMILES string of the molecule is CC(C)(C)OC(=O)N1CC2(CCN(C(=O)OC3C4CC5CC(C4)CC3C5)CC2)c2cc(F)ccc21.O=C(OC1C2CC3CC(C2)CC1C3)N1CCC2(CC1)CNc1ccc(F)cc12. The van der Waals surface area contributed by atoms with Crippen LogP contribution in [0.2, 0.25) is 0 Å². The number of anilines is 2. The lowest BCUT2D eigenvalue weighted by Gasteiger charge is -2.53. The number of carbonyl (C=O) groups is 3. The lowest BCUT2D eigenvalue weighted by molar-refractivity contribution is -0.103. The van der Waals surface area contributed by atoms with E-state index >= 15 is 0 Å². The third kappa shape index (κ3) is 7.64. The lowest BCUT2D eigenvalue weighted by Crippen LogP contribution is -2.53. The molecule has 0 radical (unpaired) electrons. The van der Waals surface area contributed by atoms with E-state index in [1.54, 1.807) is 23.1 Å². The van der Waals surface area contributed by atoms with Crippen molar-refractivity contribution in [3.63, 3.8) is 0 Å². The normalized spacial score (nSPS) is 34.6. The third-order valence-corrected chi connectivity index (χ3v) is 17.8. The molecule has 14 rings (SSSR count). The average Bonchev–Trinajstić information content (AvgIpc) is 3.74. The molecule has 4 aliphatic heterocycles. The van der Waals surface area contributed by atoms with Gasteiger partial charge in [-0.15, -0.1) is 0 Å². The number of halogens is 2. The fraction of sp³-hybridized carbons (Fsp3) is 0.706. The number of fused-ring (bicyclic) bond motifs is 4. The van der Waals surface area contributed by atoms with Gasteiger partial charge in [0.15, 0.2) is 0 Å². The van der Waals surface area contributed by atoms with Crippen LogP contribution < -0.4 is 10.2 Å². The van der Waals surface area contributed by atoms with Crippen molar-refractivity contribution >= 4 is 29.7 Å². The molecule has 63 heavy (non-hydrogen) atoms. The molecule has 8 saturated carbocycles. The molecule has 0 aromatic heterocycles. The average molecular weight is 869 g/mol. The van der Waals surface area contributed by atoms with E-state index in [1.165, 1.54) is 76.3 Å². The van der Waals surface area contributed by atoms with Gasteiger partial charge in [-0.25, -0.2) is 23.2 Å². The molecule has 0 atom stereocenters. The number of carbonyl (C=O) groups excluding carboxylic acids is 3. The van der Waals surface area contributed by atoms with E-state index in [2.05, 4.69) is 5.32 Å². The van der Waals surface area contributed by atoms with Gasteiger partial charge in [-0.3, -0.25) is 4.90 Å². The van der Waals surface area contributed by atoms with E-state index in [9.17, 15) is 23.2 Å². The standard InChI is InChI=1S/C28H37FN2O4.C23H29FN2O2/c1-27(2,3)35-26(33)31-16-28(22-15-21(29)4-5-23(22)31)6-8-30(9-7-28)25(32)34-24-19-11-17-10-18(13-19)14-20(24)12-17;24-18-1-2-20-19(12-18)23(13-25-20)3-5-26(6-4-23)22(27)28-21-16-8-14-7-15(10-16)11-17(21)9-14/h4-5,15,17-20,24H,6-14,16H2,1-3H3;1-2,12,14-17,21,25H,3-11,13H2. The summed E-state index contributed by atoms with van der Waals surface area (Å²) in [6.07, 6.45) is 15.3. The van der Waals surface area contributed by atoms with Crippen molar-refractivity contribution in [1.82, 2.24) is 9.80 Å². The van der Waals surface area contributed by atoms with Crippen molar-refractivity contribution < 1.29 is 37.4 Å². The number of nitrogens with one attached hydrogen (secondary N) is 1. The van der Waals surface area contributed by atoms with Crippen LogP contribution >= 0.6 is 0 Å². The van der Waals surface area contributed by atoms with Crippen LogP contribution in [0, 0.1) is 59.0 Å². The van der Waals surface area contributed by atoms with Crippen LogP contribution in [0.25, 0.3) is 0 Å². The Morgan fingerprint density at radius 2 is 1.05 bits per heavy atom. The van der Waals surface area contributed by atoms with Crippen molar-refractivity contribution in [1.29, 1.82) is 0 Å². The fourth-order valence-corrected chi connectivity index (χ4v) is 15.2. The van der Waals surface area contributed by atoms with Gasteiger partial charge in [0.25, 0.3) is 0 Å². The number of ether oxygens (including phenoxy) is 3. The van der Waals surface area contributed by atoms with Gasteiger partial charge in [0, 0.05) is 55.8 Å². The largest absolute Gasteiger partial charge is 0.446 e. The topological polar surface area (TPSA) is 101 Å². The molecule has 0 unspecified atom stereocenters. The molecule has 2 aromatic rings. The highest BCUT2D eigenvalue weighted by atomic mass is 19.1. The maximum atomic E-state index is 14.3. The second kappa shape index (κ2) is 15.5. The van der Waals surface area contributed by atoms with E-state index in [0.717, 1.165) is 59.9 Å². The summed E-state index contributed by atoms with van der Waals surface area (Å²) in [6, 6.07) is 9.66. The van der Waals surface area contributed by atoms with Crippen molar-refractivity contribution in [2.75, 3.05) is 49.5 Å². The predicted molar refractivity (Wildman–Crippen MR) is 234 cm³/mol. The van der Waals surface area contributed by atoms with Gasteiger partial charge in [0.05, 0.1) is 5.69 Å². The van der Waals surface area contributed by atoms with Crippen LogP contribution in [-0.4, -0.2) is 85.2 Å². The molecular formula is C51H66F2N4O6. The van der Waals surface area contributed by atoms with Crippen LogP contribution in [-0.2, 0) is 25.0 Å². The summed E-state index contributed by atoms with van der Waals surface area (Å²) in [6.45, 7) is 9.30. The monoisotopic (exact) mass is 868 g/mol. The molecule has 12 heteroatoms. The Kier molecular flexibility index (Phi) is 10.3. The molecule has 2 saturated heterocycles. The highest BCUT2D eigenvalue weighted by Crippen LogP contribution is 2.56. The zero-order valence-electron chi connectivity index (χ0n) is 37.4. The van der Waals surface area contributed by atoms with E-state index < -0.39 is 11.7 Å². The highest BCUT2D eigenvalue weighted by Gasteiger charge is 2.53. The van der Waals surface area contributed by atoms with E-state index in [1.807, 2.05) is 36.6 Å². The van der Waals surface area contributed by atoms with Crippen molar-refractivity contribution in [2.45, 2.75) is 139 Å². The Morgan fingerprint density at radius 3 is 1.52 bits per heavy atom. The molecule has 4 heterocycles. The quantitative estimate of drug-likeness (QED) is 0.300. The number of hydrogen-bond acceptors (Lipinski definition) is 7. The highest BCUT2D eigenvalue weighted by molar-refractivity contribution is 5.92. The Morgan fingerprint density at radius 1 is 0.603 bits per heavy atom. The zero-order chi connectivity index (χ0) is 43.4. The minimum Gasteiger partial charge on any atom is -0.446 e. The molecule has 8 bridgehead atoms. The first-order valence-electron chi connectivity index (χ1n) is 24.5. The van der Waals surface area contributed by atoms with Gasteiger partial charge in [0.1, 0.15) is 29.4 Å². The number of benzene rings is 2. The maximum absolute atomic E-state index is 14.3. The van der Waals surface area contributed by atoms with Crippen LogP contribution in [0.15, 0.2) is 36.4 Å². The zero-order valence-corrected chi connectivity index (χ0v) is 37.4. The second-order valence-corrected chi connectivity index (χ2v) is 22.9. The van der Waals surface area contributed by atoms with E-state index in [-0.39, 0.29) is 46.9 Å². The van der Waals surface area contributed by atoms with Crippen molar-refractivity contribution in [3.05, 3.63) is 59.2 Å². The molecule has 8 aliphatic carbocycles. The summed E-state index contributed by atoms with van der Waals surface area (Å²) in [5.41, 5.74) is 2.65. The van der Waals surface area contributed by atoms with Gasteiger partial charge in [-0.05, 0) is 206 Å². The van der Waals surface area contributed by atoms with Gasteiger partial charge in [0.2, 0.25) is 0 Å². The first-order valence-corrected chi connectivity index (χ1v) is 24.5. The number of likely N-dealkylation sites (tertiary alicyclic amines) is 2. The summed E-state index contributed by atoms with van der Waals surface area (Å²) in [4.78, 5) is 44.4. The molecule has 1 N–H and O–H groups in total. The predicted octanol–water partition coefficient (Wildman–Crippen LogP) is 10.4. The molecule has 340 valence electrons. The number of nitrogens with zero attached hydrogens (tertiary/aromatic N) is 3. The molecule has 2 aromatic carbocycles. The van der Waals surface area contributed by atoms with Crippen LogP contribution in [0.4, 0.5) is 34.5 Å². The first kappa shape index (κ1) is 41.6. The van der Waals surface area contributed by atoms with E-state index in [0.29, 0.717) is 74.9 Å². The Hall–Kier alpha value is -4.09. The van der Waals surface area contributed by atoms with Crippen LogP contribution in [0.5, 0.6) is 0 Å². The number of rotatable bonds is 2. The fourth-order valence-electron chi connectivity index (χ4n) is 15.2. The molecule has 12 aliphatic rings. The van der Waals surface area contributed by atoms with Crippen molar-refractivity contribution in [3.8, 4) is 0 Å². The first-order chi connectivity index (χ1) is 30.2. The Balaban J connectivity index is 0.000000144. The second-order valence-electron chi connectivity index (χ2n) is 22.9. The molecule has 3 amide bonds. The minimum atomic E-state index is -0.613. The molecule has 10 fully saturated rings. The van der Waals surface area contributed by atoms with Crippen LogP contribution in [0.1, 0.15) is 122 Å². The summed E-state index contributed by atoms with van der Waals surface area (Å²) in [5, 5.41) is 3.43. The Bertz CT molecular complexity index is 2070. The Labute approximate surface area is 371 Å². The van der Waals surface area contributed by atoms with Gasteiger partial charge in [-0.2, -0.15) is 0 Å². The molecular weight excluding hydrogens is 803 g/mol. The summed E-state index contributed by atoms with van der Waals surface area (Å²) in [7, 11) is 0. The maximum Gasteiger partial charge on any atom is 0.414 e. The summed E-state index contributed by atoms with van der Waals surface area (Å²) in [5.74, 6) is 5.28. The summed E-state index contributed by atoms with van der Waals surface area (Å²) >= 11 is 0. The van der Waals surface area contributed by atoms with Crippen molar-refractivity contribution in [2.24, 2.45) is 47.3 Å². The molecule has 10 nitrogen and oxygen atoms in total.